The summed E-state index contributed by atoms with van der Waals surface area (Å²) >= 11 is 0. The van der Waals surface area contributed by atoms with Gasteiger partial charge in [-0.1, -0.05) is 24.3 Å². The van der Waals surface area contributed by atoms with Crippen molar-refractivity contribution in [3.63, 3.8) is 0 Å². The molecule has 3 aliphatic rings. The molecule has 1 fully saturated rings. The summed E-state index contributed by atoms with van der Waals surface area (Å²) in [7, 11) is 0. The maximum atomic E-state index is 13.5. The van der Waals surface area contributed by atoms with Crippen molar-refractivity contribution < 1.29 is 24.2 Å². The molecule has 0 aromatic heterocycles. The van der Waals surface area contributed by atoms with Crippen LogP contribution in [0, 0.1) is 0 Å². The van der Waals surface area contributed by atoms with Gasteiger partial charge in [-0.25, -0.2) is 0 Å². The second-order valence-corrected chi connectivity index (χ2v) is 10.8. The minimum absolute atomic E-state index is 0.0415. The Balaban J connectivity index is 1.24. The number of β-amino-alcohol motifs (C(OH)–C–C–N with tert-alkyl or cyclic N) is 1. The van der Waals surface area contributed by atoms with Crippen LogP contribution in [0.4, 0.5) is 0 Å². The van der Waals surface area contributed by atoms with Gasteiger partial charge in [0.15, 0.2) is 0 Å². The number of carbonyl (C=O) groups excluding carboxylic acids is 2. The molecule has 192 valence electrons. The van der Waals surface area contributed by atoms with Crippen molar-refractivity contribution in [2.75, 3.05) is 39.3 Å². The Bertz CT molecular complexity index is 1140. The molecular formula is C28H35N3O5. The summed E-state index contributed by atoms with van der Waals surface area (Å²) in [6.07, 6.45) is 0.245. The third kappa shape index (κ3) is 5.34. The SMILES string of the molecule is CC(=O)N1CC(Oc2ccc3c(c2)OC(C)(C)CN(CC(O)CN2CCc4ccccc4C2)C3=O)C1. The van der Waals surface area contributed by atoms with Gasteiger partial charge >= 0.3 is 0 Å². The fourth-order valence-electron chi connectivity index (χ4n) is 5.30. The molecule has 3 aliphatic heterocycles. The molecule has 3 heterocycles. The number of rotatable bonds is 6. The highest BCUT2D eigenvalue weighted by atomic mass is 16.5. The van der Waals surface area contributed by atoms with Crippen molar-refractivity contribution in [1.29, 1.82) is 0 Å². The molecule has 0 radical (unpaired) electrons. The molecule has 1 atom stereocenters. The maximum Gasteiger partial charge on any atom is 0.257 e. The average molecular weight is 494 g/mol. The molecule has 1 unspecified atom stereocenters. The summed E-state index contributed by atoms with van der Waals surface area (Å²) in [6, 6.07) is 13.7. The van der Waals surface area contributed by atoms with Crippen molar-refractivity contribution in [2.24, 2.45) is 0 Å². The van der Waals surface area contributed by atoms with Gasteiger partial charge in [-0.3, -0.25) is 14.5 Å². The number of aliphatic hydroxyl groups is 1. The number of hydrogen-bond donors (Lipinski definition) is 1. The van der Waals surface area contributed by atoms with E-state index in [1.165, 1.54) is 11.1 Å². The first kappa shape index (κ1) is 24.6. The van der Waals surface area contributed by atoms with Crippen LogP contribution in [0.5, 0.6) is 11.5 Å². The zero-order chi connectivity index (χ0) is 25.4. The van der Waals surface area contributed by atoms with E-state index < -0.39 is 11.7 Å². The molecular weight excluding hydrogens is 458 g/mol. The highest BCUT2D eigenvalue weighted by Crippen LogP contribution is 2.33. The zero-order valence-corrected chi connectivity index (χ0v) is 21.3. The molecule has 5 rings (SSSR count). The number of carbonyl (C=O) groups is 2. The number of ether oxygens (including phenoxy) is 2. The average Bonchev–Trinajstić information content (AvgIpc) is 2.88. The smallest absolute Gasteiger partial charge is 0.257 e. The molecule has 8 heteroatoms. The molecule has 0 bridgehead atoms. The molecule has 2 aromatic carbocycles. The van der Waals surface area contributed by atoms with Crippen LogP contribution in [0.15, 0.2) is 42.5 Å². The van der Waals surface area contributed by atoms with Crippen molar-refractivity contribution in [3.8, 4) is 11.5 Å². The van der Waals surface area contributed by atoms with Crippen molar-refractivity contribution in [1.82, 2.24) is 14.7 Å². The number of nitrogens with zero attached hydrogens (tertiary/aromatic N) is 3. The van der Waals surface area contributed by atoms with Crippen LogP contribution in [-0.2, 0) is 17.8 Å². The van der Waals surface area contributed by atoms with Crippen molar-refractivity contribution in [3.05, 3.63) is 59.2 Å². The van der Waals surface area contributed by atoms with E-state index in [-0.39, 0.29) is 24.5 Å². The van der Waals surface area contributed by atoms with Crippen molar-refractivity contribution >= 4 is 11.8 Å². The quantitative estimate of drug-likeness (QED) is 0.665. The van der Waals surface area contributed by atoms with Gasteiger partial charge in [0.2, 0.25) is 5.91 Å². The standard InChI is InChI=1S/C28H35N3O5/c1-19(32)30-16-24(17-30)35-23-8-9-25-26(12-23)36-28(2,3)18-31(27(25)34)15-22(33)14-29-11-10-20-6-4-5-7-21(20)13-29/h4-9,12,22,24,33H,10-11,13-18H2,1-3H3. The predicted molar refractivity (Wildman–Crippen MR) is 135 cm³/mol. The third-order valence-electron chi connectivity index (χ3n) is 7.13. The van der Waals surface area contributed by atoms with E-state index >= 15 is 0 Å². The van der Waals surface area contributed by atoms with Gasteiger partial charge in [-0.2, -0.15) is 0 Å². The van der Waals surface area contributed by atoms with Gasteiger partial charge in [0.05, 0.1) is 31.3 Å². The van der Waals surface area contributed by atoms with Crippen LogP contribution in [0.3, 0.4) is 0 Å². The Labute approximate surface area is 212 Å². The Morgan fingerprint density at radius 1 is 1.17 bits per heavy atom. The fourth-order valence-corrected chi connectivity index (χ4v) is 5.30. The van der Waals surface area contributed by atoms with E-state index in [4.69, 9.17) is 9.47 Å². The molecule has 0 saturated carbocycles. The van der Waals surface area contributed by atoms with E-state index in [2.05, 4.69) is 29.2 Å². The lowest BCUT2D eigenvalue weighted by Crippen LogP contribution is -2.55. The Kier molecular flexibility index (Phi) is 6.66. The van der Waals surface area contributed by atoms with Crippen molar-refractivity contribution in [2.45, 2.75) is 51.5 Å². The molecule has 1 saturated heterocycles. The first-order chi connectivity index (χ1) is 17.2. The first-order valence-electron chi connectivity index (χ1n) is 12.7. The van der Waals surface area contributed by atoms with Gasteiger partial charge in [0.1, 0.15) is 23.2 Å². The van der Waals surface area contributed by atoms with E-state index in [0.29, 0.717) is 43.2 Å². The number of benzene rings is 2. The monoisotopic (exact) mass is 493 g/mol. The molecule has 1 N–H and O–H groups in total. The van der Waals surface area contributed by atoms with Crippen LogP contribution >= 0.6 is 0 Å². The predicted octanol–water partition coefficient (Wildman–Crippen LogP) is 2.33. The van der Waals surface area contributed by atoms with Gasteiger partial charge < -0.3 is 24.4 Å². The second kappa shape index (κ2) is 9.75. The Morgan fingerprint density at radius 3 is 2.67 bits per heavy atom. The van der Waals surface area contributed by atoms with Gasteiger partial charge in [0.25, 0.3) is 5.91 Å². The molecule has 0 spiro atoms. The largest absolute Gasteiger partial charge is 0.487 e. The molecule has 8 nitrogen and oxygen atoms in total. The lowest BCUT2D eigenvalue weighted by Gasteiger charge is -2.38. The van der Waals surface area contributed by atoms with Crippen LogP contribution in [0.25, 0.3) is 0 Å². The van der Waals surface area contributed by atoms with E-state index in [9.17, 15) is 14.7 Å². The minimum atomic E-state index is -0.665. The summed E-state index contributed by atoms with van der Waals surface area (Å²) < 4.78 is 12.2. The fraction of sp³-hybridized carbons (Fsp3) is 0.500. The summed E-state index contributed by atoms with van der Waals surface area (Å²) in [6.45, 7) is 9.39. The minimum Gasteiger partial charge on any atom is -0.487 e. The third-order valence-corrected chi connectivity index (χ3v) is 7.13. The second-order valence-electron chi connectivity index (χ2n) is 10.8. The van der Waals surface area contributed by atoms with E-state index in [0.717, 1.165) is 19.5 Å². The normalized spacial score (nSPS) is 20.5. The number of hydrogen-bond acceptors (Lipinski definition) is 6. The number of likely N-dealkylation sites (tertiary alicyclic amines) is 1. The highest BCUT2D eigenvalue weighted by Gasteiger charge is 2.36. The Morgan fingerprint density at radius 2 is 1.92 bits per heavy atom. The summed E-state index contributed by atoms with van der Waals surface area (Å²) in [5.41, 5.74) is 2.51. The zero-order valence-electron chi connectivity index (χ0n) is 21.3. The van der Waals surface area contributed by atoms with Crippen LogP contribution in [-0.4, -0.2) is 88.7 Å². The highest BCUT2D eigenvalue weighted by molar-refractivity contribution is 5.97. The van der Waals surface area contributed by atoms with Crippen LogP contribution in [0.1, 0.15) is 42.3 Å². The maximum absolute atomic E-state index is 13.5. The topological polar surface area (TPSA) is 82.6 Å². The van der Waals surface area contributed by atoms with E-state index in [1.807, 2.05) is 13.8 Å². The number of fused-ring (bicyclic) bond motifs is 2. The van der Waals surface area contributed by atoms with Crippen LogP contribution < -0.4 is 9.47 Å². The lowest BCUT2D eigenvalue weighted by atomic mass is 9.99. The van der Waals surface area contributed by atoms with Crippen LogP contribution in [0.2, 0.25) is 0 Å². The van der Waals surface area contributed by atoms with Gasteiger partial charge in [0, 0.05) is 39.2 Å². The summed E-state index contributed by atoms with van der Waals surface area (Å²) in [5.74, 6) is 0.982. The summed E-state index contributed by atoms with van der Waals surface area (Å²) in [5, 5.41) is 10.9. The lowest BCUT2D eigenvalue weighted by molar-refractivity contribution is -0.137. The molecule has 2 amide bonds. The molecule has 36 heavy (non-hydrogen) atoms. The summed E-state index contributed by atoms with van der Waals surface area (Å²) in [4.78, 5) is 30.6. The van der Waals surface area contributed by atoms with Gasteiger partial charge in [-0.15, -0.1) is 0 Å². The Hall–Kier alpha value is -3.10. The molecule has 0 aliphatic carbocycles. The van der Waals surface area contributed by atoms with Gasteiger partial charge in [-0.05, 0) is 43.5 Å². The number of amides is 2. The number of aliphatic hydroxyl groups excluding tert-OH is 1. The first-order valence-corrected chi connectivity index (χ1v) is 12.7. The van der Waals surface area contributed by atoms with E-state index in [1.54, 1.807) is 34.9 Å². The molecule has 2 aromatic rings.